The molecule has 0 aliphatic carbocycles. The summed E-state index contributed by atoms with van der Waals surface area (Å²) in [5.41, 5.74) is 1.68. The lowest BCUT2D eigenvalue weighted by atomic mass is 10.2. The number of hydrogen-bond donors (Lipinski definition) is 1. The number of hydrogen-bond acceptors (Lipinski definition) is 1. The summed E-state index contributed by atoms with van der Waals surface area (Å²) in [4.78, 5) is 8.53. The first-order valence-corrected chi connectivity index (χ1v) is 6.96. The van der Waals surface area contributed by atoms with E-state index in [4.69, 9.17) is 5.41 Å². The van der Waals surface area contributed by atoms with Crippen molar-refractivity contribution < 1.29 is 0 Å². The topological polar surface area (TPSA) is 48.6 Å². The third-order valence-electron chi connectivity index (χ3n) is 2.47. The molecule has 4 heteroatoms. The first-order valence-electron chi connectivity index (χ1n) is 5.72. The smallest absolute Gasteiger partial charge is 0.162 e. The highest BCUT2D eigenvalue weighted by molar-refractivity contribution is 14.1. The van der Waals surface area contributed by atoms with Crippen LogP contribution in [0, 0.1) is 5.41 Å². The quantitative estimate of drug-likeness (QED) is 0.479. The molecule has 0 spiro atoms. The van der Waals surface area contributed by atoms with Gasteiger partial charge in [-0.1, -0.05) is 60.7 Å². The van der Waals surface area contributed by atoms with Crippen molar-refractivity contribution >= 4 is 38.5 Å². The molecule has 0 fully saturated rings. The van der Waals surface area contributed by atoms with Crippen LogP contribution in [-0.4, -0.2) is 15.9 Å². The number of rotatable bonds is 2. The fraction of sp³-hybridized carbons (Fsp3) is 0. The zero-order chi connectivity index (χ0) is 13.5. The Kier molecular flexibility index (Phi) is 4.97. The maximum atomic E-state index is 8.02. The zero-order valence-electron chi connectivity index (χ0n) is 10.1. The van der Waals surface area contributed by atoms with E-state index in [-0.39, 0.29) is 5.84 Å². The highest BCUT2D eigenvalue weighted by Gasteiger charge is 2.04. The lowest BCUT2D eigenvalue weighted by Crippen LogP contribution is -2.03. The number of benzene rings is 2. The van der Waals surface area contributed by atoms with Gasteiger partial charge in [0.25, 0.3) is 0 Å². The third-order valence-corrected chi connectivity index (χ3v) is 2.75. The van der Waals surface area contributed by atoms with Gasteiger partial charge in [0.15, 0.2) is 11.7 Å². The number of amidine groups is 2. The van der Waals surface area contributed by atoms with E-state index in [0.29, 0.717) is 5.84 Å². The van der Waals surface area contributed by atoms with Gasteiger partial charge in [0.2, 0.25) is 0 Å². The predicted octanol–water partition coefficient (Wildman–Crippen LogP) is 3.92. The van der Waals surface area contributed by atoms with Crippen LogP contribution >= 0.6 is 22.6 Å². The molecule has 0 aliphatic rings. The second-order valence-electron chi connectivity index (χ2n) is 3.74. The van der Waals surface area contributed by atoms with Gasteiger partial charge in [-0.25, -0.2) is 9.98 Å². The van der Waals surface area contributed by atoms with Gasteiger partial charge >= 0.3 is 0 Å². The second kappa shape index (κ2) is 6.94. The second-order valence-corrected chi connectivity index (χ2v) is 4.30. The molecule has 0 unspecified atom stereocenters. The summed E-state index contributed by atoms with van der Waals surface area (Å²) in [5, 5.41) is 8.02. The molecule has 0 amide bonds. The van der Waals surface area contributed by atoms with Gasteiger partial charge in [0.1, 0.15) is 0 Å². The van der Waals surface area contributed by atoms with Crippen molar-refractivity contribution in [3.8, 4) is 0 Å². The summed E-state index contributed by atoms with van der Waals surface area (Å²) in [6, 6.07) is 19.1. The van der Waals surface area contributed by atoms with Crippen LogP contribution in [0.5, 0.6) is 0 Å². The summed E-state index contributed by atoms with van der Waals surface area (Å²) in [7, 11) is 0. The molecule has 2 aromatic carbocycles. The van der Waals surface area contributed by atoms with E-state index in [1.165, 1.54) is 0 Å². The predicted molar refractivity (Wildman–Crippen MR) is 88.8 cm³/mol. The minimum Gasteiger partial charge on any atom is -0.282 e. The van der Waals surface area contributed by atoms with E-state index < -0.39 is 0 Å². The van der Waals surface area contributed by atoms with Gasteiger partial charge in [-0.15, -0.1) is 0 Å². The van der Waals surface area contributed by atoms with Crippen LogP contribution in [0.2, 0.25) is 0 Å². The van der Waals surface area contributed by atoms with Gasteiger partial charge in [0, 0.05) is 11.1 Å². The lowest BCUT2D eigenvalue weighted by Gasteiger charge is -2.02. The van der Waals surface area contributed by atoms with Crippen LogP contribution < -0.4 is 0 Å². The number of nitrogens with zero attached hydrogens (tertiary/aromatic N) is 2. The van der Waals surface area contributed by atoms with Crippen LogP contribution in [0.4, 0.5) is 0 Å². The van der Waals surface area contributed by atoms with E-state index >= 15 is 0 Å². The van der Waals surface area contributed by atoms with Crippen molar-refractivity contribution in [2.24, 2.45) is 9.98 Å². The molecule has 0 aromatic heterocycles. The lowest BCUT2D eigenvalue weighted by molar-refractivity contribution is 1.40. The van der Waals surface area contributed by atoms with Gasteiger partial charge in [-0.05, 0) is 22.6 Å². The summed E-state index contributed by atoms with van der Waals surface area (Å²) in [6.45, 7) is 0. The van der Waals surface area contributed by atoms with Crippen molar-refractivity contribution in [1.82, 2.24) is 0 Å². The Balaban J connectivity index is 2.35. The SMILES string of the molecule is N=C(/N=C(\N=C/I)c1ccccc1)c1ccccc1. The van der Waals surface area contributed by atoms with Gasteiger partial charge in [0.05, 0.1) is 4.22 Å². The van der Waals surface area contributed by atoms with Crippen LogP contribution in [-0.2, 0) is 0 Å². The van der Waals surface area contributed by atoms with Crippen molar-refractivity contribution in [2.75, 3.05) is 0 Å². The summed E-state index contributed by atoms with van der Waals surface area (Å²) in [6.07, 6.45) is 0. The molecule has 0 atom stereocenters. The largest absolute Gasteiger partial charge is 0.282 e. The van der Waals surface area contributed by atoms with Crippen LogP contribution in [0.25, 0.3) is 0 Å². The molecule has 3 nitrogen and oxygen atoms in total. The van der Waals surface area contributed by atoms with Crippen LogP contribution in [0.15, 0.2) is 70.6 Å². The number of aliphatic imine (C=N–C) groups is 2. The molecule has 94 valence electrons. The minimum absolute atomic E-state index is 0.210. The van der Waals surface area contributed by atoms with E-state index in [9.17, 15) is 0 Å². The summed E-state index contributed by atoms with van der Waals surface area (Å²) < 4.78 is 1.65. The summed E-state index contributed by atoms with van der Waals surface area (Å²) in [5.74, 6) is 0.755. The van der Waals surface area contributed by atoms with E-state index in [1.54, 1.807) is 4.22 Å². The molecule has 0 radical (unpaired) electrons. The standard InChI is InChI=1S/C15H12IN3/c16-11-18-15(13-9-5-2-6-10-13)19-14(17)12-7-3-1-4-8-12/h1-11,17H/b17-14?,18-11-,19-15-. The Bertz CT molecular complexity index is 604. The van der Waals surface area contributed by atoms with Crippen molar-refractivity contribution in [2.45, 2.75) is 0 Å². The van der Waals surface area contributed by atoms with E-state index in [1.807, 2.05) is 83.3 Å². The fourth-order valence-corrected chi connectivity index (χ4v) is 1.83. The van der Waals surface area contributed by atoms with Gasteiger partial charge < -0.3 is 0 Å². The molecule has 2 rings (SSSR count). The average Bonchev–Trinajstić information content (AvgIpc) is 2.48. The van der Waals surface area contributed by atoms with Crippen LogP contribution in [0.3, 0.4) is 0 Å². The Labute approximate surface area is 125 Å². The molecule has 2 aromatic rings. The number of halogens is 1. The number of nitrogens with one attached hydrogen (secondary N) is 1. The summed E-state index contributed by atoms with van der Waals surface area (Å²) >= 11 is 2.05. The Hall–Kier alpha value is -1.82. The van der Waals surface area contributed by atoms with Crippen LogP contribution in [0.1, 0.15) is 11.1 Å². The molecule has 0 saturated heterocycles. The maximum Gasteiger partial charge on any atom is 0.162 e. The fourth-order valence-electron chi connectivity index (χ4n) is 1.57. The van der Waals surface area contributed by atoms with Crippen molar-refractivity contribution in [3.63, 3.8) is 0 Å². The molecule has 0 saturated carbocycles. The Morgan fingerprint density at radius 1 is 0.895 bits per heavy atom. The molecule has 19 heavy (non-hydrogen) atoms. The Morgan fingerprint density at radius 3 is 1.95 bits per heavy atom. The molecular weight excluding hydrogens is 349 g/mol. The Morgan fingerprint density at radius 2 is 1.42 bits per heavy atom. The monoisotopic (exact) mass is 361 g/mol. The minimum atomic E-state index is 0.210. The normalized spacial score (nSPS) is 11.7. The molecule has 0 heterocycles. The molecular formula is C15H12IN3. The van der Waals surface area contributed by atoms with Gasteiger partial charge in [-0.3, -0.25) is 5.41 Å². The van der Waals surface area contributed by atoms with Crippen molar-refractivity contribution in [1.29, 1.82) is 5.41 Å². The van der Waals surface area contributed by atoms with Gasteiger partial charge in [-0.2, -0.15) is 0 Å². The third kappa shape index (κ3) is 3.82. The van der Waals surface area contributed by atoms with E-state index in [2.05, 4.69) is 9.98 Å². The molecule has 0 bridgehead atoms. The zero-order valence-corrected chi connectivity index (χ0v) is 12.3. The highest BCUT2D eigenvalue weighted by Crippen LogP contribution is 2.07. The highest BCUT2D eigenvalue weighted by atomic mass is 127. The van der Waals surface area contributed by atoms with Crippen molar-refractivity contribution in [3.05, 3.63) is 71.8 Å². The van der Waals surface area contributed by atoms with E-state index in [0.717, 1.165) is 11.1 Å². The average molecular weight is 361 g/mol. The molecule has 0 aliphatic heterocycles. The maximum absolute atomic E-state index is 8.02. The molecule has 1 N–H and O–H groups in total. The first-order chi connectivity index (χ1) is 9.31. The first kappa shape index (κ1) is 13.6.